The molecule has 2 aromatic heterocycles. The molecule has 0 saturated carbocycles. The van der Waals surface area contributed by atoms with Crippen LogP contribution in [-0.2, 0) is 35.6 Å². The van der Waals surface area contributed by atoms with Crippen molar-refractivity contribution >= 4 is 33.9 Å². The van der Waals surface area contributed by atoms with Gasteiger partial charge in [-0.3, -0.25) is 4.79 Å². The summed E-state index contributed by atoms with van der Waals surface area (Å²) >= 11 is 0. The lowest BCUT2D eigenvalue weighted by atomic mass is 10.1. The van der Waals surface area contributed by atoms with E-state index in [1.54, 1.807) is 47.6 Å². The number of amides is 1. The fraction of sp³-hybridized carbons (Fsp3) is 0.458. The molecule has 13 heteroatoms. The van der Waals surface area contributed by atoms with Gasteiger partial charge in [-0.25, -0.2) is 37.6 Å². The maximum absolute atomic E-state index is 13.2. The molecular weight excluding hydrogens is 504 g/mol. The van der Waals surface area contributed by atoms with E-state index < -0.39 is 51.7 Å². The summed E-state index contributed by atoms with van der Waals surface area (Å²) in [5.41, 5.74) is -1.76. The van der Waals surface area contributed by atoms with Crippen LogP contribution in [0, 0.1) is 0 Å². The fourth-order valence-corrected chi connectivity index (χ4v) is 3.90. The highest BCUT2D eigenvalue weighted by Crippen LogP contribution is 2.24. The molecule has 2 N–H and O–H groups in total. The number of rotatable bonds is 9. The third-order valence-corrected chi connectivity index (χ3v) is 5.66. The van der Waals surface area contributed by atoms with E-state index in [4.69, 9.17) is 9.47 Å². The van der Waals surface area contributed by atoms with Crippen LogP contribution < -0.4 is 9.62 Å². The van der Waals surface area contributed by atoms with Crippen molar-refractivity contribution in [1.82, 2.24) is 14.7 Å². The van der Waals surface area contributed by atoms with E-state index in [0.717, 1.165) is 4.90 Å². The number of ether oxygens (including phenoxy) is 2. The Labute approximate surface area is 216 Å². The molecule has 2 heterocycles. The maximum atomic E-state index is 13.2. The molecule has 0 aliphatic heterocycles. The maximum Gasteiger partial charge on any atom is 0.416 e. The van der Waals surface area contributed by atoms with E-state index in [9.17, 15) is 27.9 Å². The van der Waals surface area contributed by atoms with Crippen LogP contribution in [0.5, 0.6) is 0 Å². The number of pyridine rings is 2. The van der Waals surface area contributed by atoms with Gasteiger partial charge in [0.1, 0.15) is 23.1 Å². The number of aliphatic carboxylic acids is 1. The number of hydrogen-bond donors (Lipinski definition) is 2. The van der Waals surface area contributed by atoms with Crippen LogP contribution in [0.3, 0.4) is 0 Å². The standard InChI is InChI=1S/C24H32N4O8S/c1-23(2,3)35-21(31)17(14-20(29)30)28(22(32)36-24(4,5)6)18-11-9-10-16(27-18)15-26-37(33,34)19-12-7-8-13-25-19/h7-13,17,26H,14-15H2,1-6H3,(H,29,30). The predicted octanol–water partition coefficient (Wildman–Crippen LogP) is 2.88. The van der Waals surface area contributed by atoms with Crippen LogP contribution in [0.15, 0.2) is 47.6 Å². The summed E-state index contributed by atoms with van der Waals surface area (Å²) in [6.07, 6.45) is -0.471. The lowest BCUT2D eigenvalue weighted by Gasteiger charge is -2.32. The van der Waals surface area contributed by atoms with Gasteiger partial charge in [-0.2, -0.15) is 0 Å². The van der Waals surface area contributed by atoms with Crippen molar-refractivity contribution in [2.45, 2.75) is 76.8 Å². The molecule has 0 saturated heterocycles. The smallest absolute Gasteiger partial charge is 0.416 e. The average Bonchev–Trinajstić information content (AvgIpc) is 2.75. The van der Waals surface area contributed by atoms with Gasteiger partial charge >= 0.3 is 18.0 Å². The van der Waals surface area contributed by atoms with Crippen LogP contribution in [0.4, 0.5) is 10.6 Å². The number of carboxylic acids is 1. The van der Waals surface area contributed by atoms with Crippen molar-refractivity contribution in [3.63, 3.8) is 0 Å². The Hall–Kier alpha value is -3.58. The van der Waals surface area contributed by atoms with Crippen LogP contribution >= 0.6 is 0 Å². The Kier molecular flexibility index (Phi) is 9.33. The van der Waals surface area contributed by atoms with Crippen LogP contribution in [0.2, 0.25) is 0 Å². The number of sulfonamides is 1. The molecule has 202 valence electrons. The van der Waals surface area contributed by atoms with Gasteiger partial charge in [0.15, 0.2) is 5.03 Å². The number of hydrogen-bond acceptors (Lipinski definition) is 9. The molecule has 1 atom stereocenters. The first-order valence-corrected chi connectivity index (χ1v) is 12.8. The van der Waals surface area contributed by atoms with Gasteiger partial charge < -0.3 is 14.6 Å². The molecule has 0 aliphatic carbocycles. The minimum absolute atomic E-state index is 0.124. The van der Waals surface area contributed by atoms with Crippen LogP contribution in [0.25, 0.3) is 0 Å². The highest BCUT2D eigenvalue weighted by Gasteiger charge is 2.39. The first kappa shape index (κ1) is 29.6. The number of anilines is 1. The Morgan fingerprint density at radius 3 is 2.19 bits per heavy atom. The zero-order valence-corrected chi connectivity index (χ0v) is 22.4. The molecule has 0 bridgehead atoms. The average molecular weight is 537 g/mol. The number of carboxylic acid groups (broad SMARTS) is 1. The second kappa shape index (κ2) is 11.6. The topological polar surface area (TPSA) is 165 Å². The Bertz CT molecular complexity index is 1220. The summed E-state index contributed by atoms with van der Waals surface area (Å²) in [4.78, 5) is 46.8. The number of esters is 1. The largest absolute Gasteiger partial charge is 0.481 e. The molecule has 0 aromatic carbocycles. The van der Waals surface area contributed by atoms with E-state index in [0.29, 0.717) is 0 Å². The van der Waals surface area contributed by atoms with E-state index in [2.05, 4.69) is 14.7 Å². The summed E-state index contributed by atoms with van der Waals surface area (Å²) in [6, 6.07) is 7.17. The number of nitrogens with one attached hydrogen (secondary N) is 1. The molecule has 2 aromatic rings. The highest BCUT2D eigenvalue weighted by molar-refractivity contribution is 7.89. The van der Waals surface area contributed by atoms with Gasteiger partial charge in [0.2, 0.25) is 0 Å². The van der Waals surface area contributed by atoms with E-state index >= 15 is 0 Å². The minimum atomic E-state index is -3.96. The second-order valence-electron chi connectivity index (χ2n) is 9.98. The lowest BCUT2D eigenvalue weighted by Crippen LogP contribution is -2.50. The fourth-order valence-electron chi connectivity index (χ4n) is 2.96. The van der Waals surface area contributed by atoms with E-state index in [1.165, 1.54) is 36.5 Å². The van der Waals surface area contributed by atoms with E-state index in [-0.39, 0.29) is 23.1 Å². The number of carbonyl (C=O) groups is 3. The number of aromatic nitrogens is 2. The van der Waals surface area contributed by atoms with Gasteiger partial charge in [0.25, 0.3) is 10.0 Å². The number of nitrogens with zero attached hydrogens (tertiary/aromatic N) is 3. The molecule has 1 unspecified atom stereocenters. The van der Waals surface area contributed by atoms with Gasteiger partial charge in [0.05, 0.1) is 18.7 Å². The molecular formula is C24H32N4O8S. The quantitative estimate of drug-likeness (QED) is 0.455. The lowest BCUT2D eigenvalue weighted by molar-refractivity contribution is -0.159. The van der Waals surface area contributed by atoms with Crippen molar-refractivity contribution in [3.8, 4) is 0 Å². The molecule has 2 rings (SSSR count). The monoisotopic (exact) mass is 536 g/mol. The predicted molar refractivity (Wildman–Crippen MR) is 133 cm³/mol. The Balaban J connectivity index is 2.46. The van der Waals surface area contributed by atoms with Crippen molar-refractivity contribution in [2.75, 3.05) is 4.90 Å². The first-order valence-electron chi connectivity index (χ1n) is 11.3. The first-order chi connectivity index (χ1) is 17.0. The van der Waals surface area contributed by atoms with E-state index in [1.807, 2.05) is 0 Å². The molecule has 0 aliphatic rings. The normalized spacial score (nSPS) is 12.9. The van der Waals surface area contributed by atoms with Gasteiger partial charge in [-0.15, -0.1) is 0 Å². The third kappa shape index (κ3) is 9.42. The second-order valence-corrected chi connectivity index (χ2v) is 11.7. The van der Waals surface area contributed by atoms with Crippen molar-refractivity contribution in [1.29, 1.82) is 0 Å². The molecule has 0 fully saturated rings. The van der Waals surface area contributed by atoms with Crippen molar-refractivity contribution < 1.29 is 37.4 Å². The molecule has 0 spiro atoms. The van der Waals surface area contributed by atoms with Crippen molar-refractivity contribution in [3.05, 3.63) is 48.3 Å². The summed E-state index contributed by atoms with van der Waals surface area (Å²) in [6.45, 7) is 9.37. The molecule has 12 nitrogen and oxygen atoms in total. The molecule has 37 heavy (non-hydrogen) atoms. The number of carbonyl (C=O) groups excluding carboxylic acids is 2. The summed E-state index contributed by atoms with van der Waals surface area (Å²) < 4.78 is 38.2. The minimum Gasteiger partial charge on any atom is -0.481 e. The van der Waals surface area contributed by atoms with Gasteiger partial charge in [0, 0.05) is 6.20 Å². The van der Waals surface area contributed by atoms with Crippen molar-refractivity contribution in [2.24, 2.45) is 0 Å². The zero-order valence-electron chi connectivity index (χ0n) is 21.6. The summed E-state index contributed by atoms with van der Waals surface area (Å²) in [5.74, 6) is -2.45. The third-order valence-electron chi connectivity index (χ3n) is 4.34. The Morgan fingerprint density at radius 1 is 1.00 bits per heavy atom. The van der Waals surface area contributed by atoms with Gasteiger partial charge in [-0.1, -0.05) is 12.1 Å². The van der Waals surface area contributed by atoms with Crippen LogP contribution in [0.1, 0.15) is 53.7 Å². The summed E-state index contributed by atoms with van der Waals surface area (Å²) in [5, 5.41) is 9.30. The Morgan fingerprint density at radius 2 is 1.65 bits per heavy atom. The summed E-state index contributed by atoms with van der Waals surface area (Å²) in [7, 11) is -3.96. The molecule has 0 radical (unpaired) electrons. The zero-order chi connectivity index (χ0) is 28.0. The van der Waals surface area contributed by atoms with Gasteiger partial charge in [-0.05, 0) is 65.8 Å². The SMILES string of the molecule is CC(C)(C)OC(=O)C(CC(=O)O)N(C(=O)OC(C)(C)C)c1cccc(CNS(=O)(=O)c2ccccn2)n1. The molecule has 1 amide bonds. The van der Waals surface area contributed by atoms with Crippen LogP contribution in [-0.4, -0.2) is 58.8 Å². The highest BCUT2D eigenvalue weighted by atomic mass is 32.2.